The lowest BCUT2D eigenvalue weighted by atomic mass is 9.84. The van der Waals surface area contributed by atoms with Gasteiger partial charge in [0.05, 0.1) is 0 Å². The minimum absolute atomic E-state index is 0.180. The summed E-state index contributed by atoms with van der Waals surface area (Å²) in [6, 6.07) is 0. The largest absolute Gasteiger partial charge is 0.356 e. The molecule has 0 saturated carbocycles. The van der Waals surface area contributed by atoms with Gasteiger partial charge in [-0.25, -0.2) is 0 Å². The number of nitrogens with two attached hydrogens (primary N) is 1. The lowest BCUT2D eigenvalue weighted by Gasteiger charge is -2.23. The summed E-state index contributed by atoms with van der Waals surface area (Å²) in [6.45, 7) is 5.86. The molecule has 0 aliphatic heterocycles. The highest BCUT2D eigenvalue weighted by molar-refractivity contribution is 7.98. The molecule has 0 heterocycles. The van der Waals surface area contributed by atoms with Crippen LogP contribution in [0.1, 0.15) is 46.0 Å². The Kier molecular flexibility index (Phi) is 9.65. The first-order valence-corrected chi connectivity index (χ1v) is 7.87. The van der Waals surface area contributed by atoms with Gasteiger partial charge in [-0.05, 0) is 49.7 Å². The second-order valence-corrected chi connectivity index (χ2v) is 6.24. The van der Waals surface area contributed by atoms with Crippen molar-refractivity contribution in [1.82, 2.24) is 5.32 Å². The van der Waals surface area contributed by atoms with Crippen LogP contribution in [0, 0.1) is 5.41 Å². The zero-order valence-electron chi connectivity index (χ0n) is 11.6. The lowest BCUT2D eigenvalue weighted by molar-refractivity contribution is -0.121. The van der Waals surface area contributed by atoms with Gasteiger partial charge in [-0.1, -0.05) is 13.8 Å². The van der Waals surface area contributed by atoms with E-state index in [1.165, 1.54) is 12.2 Å². The number of thioether (sulfide) groups is 1. The summed E-state index contributed by atoms with van der Waals surface area (Å²) in [5.74, 6) is 1.36. The van der Waals surface area contributed by atoms with Crippen LogP contribution >= 0.6 is 11.8 Å². The number of hydrogen-bond donors (Lipinski definition) is 2. The average Bonchev–Trinajstić information content (AvgIpc) is 2.26. The number of hydrogen-bond acceptors (Lipinski definition) is 3. The third kappa shape index (κ3) is 10.6. The topological polar surface area (TPSA) is 55.1 Å². The highest BCUT2D eigenvalue weighted by atomic mass is 32.2. The van der Waals surface area contributed by atoms with Crippen molar-refractivity contribution < 1.29 is 4.79 Å². The molecule has 0 aromatic rings. The van der Waals surface area contributed by atoms with Gasteiger partial charge in [0.2, 0.25) is 5.91 Å². The SMILES string of the molecule is CSCCCCNC(=O)CCC(C)(C)CCN. The Labute approximate surface area is 110 Å². The molecule has 0 bridgehead atoms. The van der Waals surface area contributed by atoms with Crippen LogP contribution in [0.15, 0.2) is 0 Å². The highest BCUT2D eigenvalue weighted by Crippen LogP contribution is 2.25. The second kappa shape index (κ2) is 9.77. The van der Waals surface area contributed by atoms with Crippen molar-refractivity contribution in [2.45, 2.75) is 46.0 Å². The minimum atomic E-state index is 0.180. The van der Waals surface area contributed by atoms with Crippen molar-refractivity contribution in [3.05, 3.63) is 0 Å². The van der Waals surface area contributed by atoms with Crippen LogP contribution < -0.4 is 11.1 Å². The Morgan fingerprint density at radius 3 is 2.59 bits per heavy atom. The number of nitrogens with one attached hydrogen (secondary N) is 1. The van der Waals surface area contributed by atoms with Gasteiger partial charge in [0.15, 0.2) is 0 Å². The molecule has 0 aliphatic rings. The fourth-order valence-electron chi connectivity index (χ4n) is 1.66. The van der Waals surface area contributed by atoms with E-state index in [2.05, 4.69) is 25.4 Å². The van der Waals surface area contributed by atoms with Crippen LogP contribution in [-0.2, 0) is 4.79 Å². The fourth-order valence-corrected chi connectivity index (χ4v) is 2.15. The van der Waals surface area contributed by atoms with Crippen molar-refractivity contribution in [3.8, 4) is 0 Å². The molecule has 0 radical (unpaired) electrons. The van der Waals surface area contributed by atoms with Gasteiger partial charge in [-0.15, -0.1) is 0 Å². The average molecular weight is 260 g/mol. The van der Waals surface area contributed by atoms with E-state index in [9.17, 15) is 4.79 Å². The minimum Gasteiger partial charge on any atom is -0.356 e. The summed E-state index contributed by atoms with van der Waals surface area (Å²) < 4.78 is 0. The van der Waals surface area contributed by atoms with Crippen molar-refractivity contribution in [2.75, 3.05) is 25.1 Å². The maximum Gasteiger partial charge on any atom is 0.220 e. The summed E-state index contributed by atoms with van der Waals surface area (Å²) in [6.07, 6.45) is 6.89. The predicted octanol–water partition coefficient (Wildman–Crippen LogP) is 2.40. The molecule has 17 heavy (non-hydrogen) atoms. The van der Waals surface area contributed by atoms with E-state index in [1.807, 2.05) is 11.8 Å². The molecule has 0 aromatic carbocycles. The Hall–Kier alpha value is -0.220. The number of unbranched alkanes of at least 4 members (excludes halogenated alkanes) is 1. The molecule has 0 aliphatic carbocycles. The van der Waals surface area contributed by atoms with E-state index in [-0.39, 0.29) is 11.3 Å². The molecule has 0 aromatic heterocycles. The van der Waals surface area contributed by atoms with E-state index < -0.39 is 0 Å². The maximum atomic E-state index is 11.6. The summed E-state index contributed by atoms with van der Waals surface area (Å²) in [5.41, 5.74) is 5.73. The summed E-state index contributed by atoms with van der Waals surface area (Å²) >= 11 is 1.86. The second-order valence-electron chi connectivity index (χ2n) is 5.25. The molecule has 0 unspecified atom stereocenters. The lowest BCUT2D eigenvalue weighted by Crippen LogP contribution is -2.26. The Balaban J connectivity index is 3.52. The third-order valence-corrected chi connectivity index (χ3v) is 3.64. The van der Waals surface area contributed by atoms with Gasteiger partial charge in [0.1, 0.15) is 0 Å². The van der Waals surface area contributed by atoms with Crippen molar-refractivity contribution >= 4 is 17.7 Å². The molecule has 0 spiro atoms. The van der Waals surface area contributed by atoms with Gasteiger partial charge in [0, 0.05) is 13.0 Å². The summed E-state index contributed by atoms with van der Waals surface area (Å²) in [5, 5.41) is 2.98. The van der Waals surface area contributed by atoms with Crippen LogP contribution in [0.25, 0.3) is 0 Å². The fraction of sp³-hybridized carbons (Fsp3) is 0.923. The summed E-state index contributed by atoms with van der Waals surface area (Å²) in [7, 11) is 0. The molecular weight excluding hydrogens is 232 g/mol. The molecule has 0 atom stereocenters. The predicted molar refractivity (Wildman–Crippen MR) is 77.3 cm³/mol. The van der Waals surface area contributed by atoms with Crippen LogP contribution in [-0.4, -0.2) is 31.0 Å². The van der Waals surface area contributed by atoms with E-state index >= 15 is 0 Å². The molecule has 3 nitrogen and oxygen atoms in total. The molecule has 0 saturated heterocycles. The first-order chi connectivity index (χ1) is 8.02. The highest BCUT2D eigenvalue weighted by Gasteiger charge is 2.17. The number of carbonyl (C=O) groups excluding carboxylic acids is 1. The number of rotatable bonds is 10. The van der Waals surface area contributed by atoms with Crippen molar-refractivity contribution in [1.29, 1.82) is 0 Å². The van der Waals surface area contributed by atoms with Crippen LogP contribution in [0.2, 0.25) is 0 Å². The monoisotopic (exact) mass is 260 g/mol. The standard InChI is InChI=1S/C13H28N2OS/c1-13(2,8-9-14)7-6-12(16)15-10-4-5-11-17-3/h4-11,14H2,1-3H3,(H,15,16). The normalized spacial score (nSPS) is 11.5. The van der Waals surface area contributed by atoms with E-state index in [1.54, 1.807) is 0 Å². The van der Waals surface area contributed by atoms with Gasteiger partial charge in [-0.2, -0.15) is 11.8 Å². The zero-order chi connectivity index (χ0) is 13.1. The Morgan fingerprint density at radius 2 is 2.00 bits per heavy atom. The van der Waals surface area contributed by atoms with E-state index in [0.29, 0.717) is 13.0 Å². The van der Waals surface area contributed by atoms with Gasteiger partial charge >= 0.3 is 0 Å². The molecule has 3 N–H and O–H groups in total. The molecular formula is C13H28N2OS. The number of carbonyl (C=O) groups is 1. The smallest absolute Gasteiger partial charge is 0.220 e. The number of amides is 1. The molecule has 0 rings (SSSR count). The molecule has 102 valence electrons. The Morgan fingerprint density at radius 1 is 1.29 bits per heavy atom. The summed E-state index contributed by atoms with van der Waals surface area (Å²) in [4.78, 5) is 11.6. The molecule has 1 amide bonds. The Bertz CT molecular complexity index is 208. The van der Waals surface area contributed by atoms with Gasteiger partial charge < -0.3 is 11.1 Å². The van der Waals surface area contributed by atoms with E-state index in [0.717, 1.165) is 25.8 Å². The first-order valence-electron chi connectivity index (χ1n) is 6.47. The first kappa shape index (κ1) is 16.8. The quantitative estimate of drug-likeness (QED) is 0.593. The van der Waals surface area contributed by atoms with Crippen LogP contribution in [0.3, 0.4) is 0 Å². The zero-order valence-corrected chi connectivity index (χ0v) is 12.4. The maximum absolute atomic E-state index is 11.6. The third-order valence-electron chi connectivity index (χ3n) is 2.95. The molecule has 4 heteroatoms. The van der Waals surface area contributed by atoms with E-state index in [4.69, 9.17) is 5.73 Å². The van der Waals surface area contributed by atoms with Crippen LogP contribution in [0.5, 0.6) is 0 Å². The van der Waals surface area contributed by atoms with Gasteiger partial charge in [-0.3, -0.25) is 4.79 Å². The van der Waals surface area contributed by atoms with Crippen molar-refractivity contribution in [3.63, 3.8) is 0 Å². The van der Waals surface area contributed by atoms with Crippen LogP contribution in [0.4, 0.5) is 0 Å². The van der Waals surface area contributed by atoms with Gasteiger partial charge in [0.25, 0.3) is 0 Å². The van der Waals surface area contributed by atoms with Crippen molar-refractivity contribution in [2.24, 2.45) is 11.1 Å². The molecule has 0 fully saturated rings.